The van der Waals surface area contributed by atoms with Crippen molar-refractivity contribution in [2.24, 2.45) is 5.73 Å². The van der Waals surface area contributed by atoms with Crippen molar-refractivity contribution < 1.29 is 4.79 Å². The number of fused-ring (bicyclic) bond motifs is 1. The van der Waals surface area contributed by atoms with Crippen LogP contribution in [0.4, 0.5) is 0 Å². The summed E-state index contributed by atoms with van der Waals surface area (Å²) in [5.74, 6) is 0.0940. The average Bonchev–Trinajstić information content (AvgIpc) is 2.89. The van der Waals surface area contributed by atoms with Gasteiger partial charge < -0.3 is 15.5 Å². The van der Waals surface area contributed by atoms with Crippen LogP contribution in [-0.2, 0) is 11.3 Å². The van der Waals surface area contributed by atoms with Crippen molar-refractivity contribution in [1.82, 2.24) is 14.7 Å². The zero-order chi connectivity index (χ0) is 15.1. The Bertz CT molecular complexity index is 591. The summed E-state index contributed by atoms with van der Waals surface area (Å²) in [6, 6.07) is 4.03. The van der Waals surface area contributed by atoms with Gasteiger partial charge in [-0.2, -0.15) is 0 Å². The van der Waals surface area contributed by atoms with Crippen LogP contribution < -0.4 is 11.1 Å². The highest BCUT2D eigenvalue weighted by Gasteiger charge is 2.05. The van der Waals surface area contributed by atoms with Gasteiger partial charge in [0.05, 0.1) is 12.2 Å². The standard InChI is InChI=1S/C16H24N4O/c1-13-7-6-10-20-12-14(19-16(13)20)11-18-15(21)8-4-2-3-5-9-17/h6-7,10,12H,2-5,8-9,11,17H2,1H3,(H,18,21). The third kappa shape index (κ3) is 4.56. The Kier molecular flexibility index (Phi) is 5.75. The van der Waals surface area contributed by atoms with Crippen LogP contribution in [0.15, 0.2) is 24.5 Å². The number of nitrogens with zero attached hydrogens (tertiary/aromatic N) is 2. The SMILES string of the molecule is Cc1cccn2cc(CNC(=O)CCCCCCN)nc12. The summed E-state index contributed by atoms with van der Waals surface area (Å²) in [6.07, 6.45) is 8.66. The van der Waals surface area contributed by atoms with E-state index in [-0.39, 0.29) is 5.91 Å². The number of unbranched alkanes of at least 4 members (excludes halogenated alkanes) is 3. The Balaban J connectivity index is 1.76. The molecule has 5 heteroatoms. The van der Waals surface area contributed by atoms with Gasteiger partial charge in [-0.3, -0.25) is 4.79 Å². The van der Waals surface area contributed by atoms with Gasteiger partial charge in [-0.15, -0.1) is 0 Å². The van der Waals surface area contributed by atoms with Crippen LogP contribution in [0, 0.1) is 6.92 Å². The molecule has 0 aliphatic rings. The summed E-state index contributed by atoms with van der Waals surface area (Å²) in [7, 11) is 0. The number of hydrogen-bond acceptors (Lipinski definition) is 3. The van der Waals surface area contributed by atoms with Crippen molar-refractivity contribution in [3.8, 4) is 0 Å². The summed E-state index contributed by atoms with van der Waals surface area (Å²) in [6.45, 7) is 3.26. The van der Waals surface area contributed by atoms with Gasteiger partial charge in [0.25, 0.3) is 0 Å². The number of nitrogens with one attached hydrogen (secondary N) is 1. The van der Waals surface area contributed by atoms with Gasteiger partial charge in [0.15, 0.2) is 0 Å². The quantitative estimate of drug-likeness (QED) is 0.731. The van der Waals surface area contributed by atoms with E-state index in [4.69, 9.17) is 5.73 Å². The molecular formula is C16H24N4O. The molecule has 0 bridgehead atoms. The summed E-state index contributed by atoms with van der Waals surface area (Å²) < 4.78 is 1.99. The molecule has 0 atom stereocenters. The normalized spacial score (nSPS) is 11.0. The highest BCUT2D eigenvalue weighted by molar-refractivity contribution is 5.75. The number of amides is 1. The third-order valence-electron chi connectivity index (χ3n) is 3.55. The number of hydrogen-bond donors (Lipinski definition) is 2. The lowest BCUT2D eigenvalue weighted by molar-refractivity contribution is -0.121. The Labute approximate surface area is 125 Å². The predicted octanol–water partition coefficient (Wildman–Crippen LogP) is 2.17. The van der Waals surface area contributed by atoms with E-state index in [1.807, 2.05) is 35.9 Å². The fourth-order valence-corrected chi connectivity index (χ4v) is 2.35. The van der Waals surface area contributed by atoms with E-state index in [0.717, 1.165) is 49.1 Å². The number of carbonyl (C=O) groups excluding carboxylic acids is 1. The van der Waals surface area contributed by atoms with E-state index in [9.17, 15) is 4.79 Å². The molecule has 0 aromatic carbocycles. The van der Waals surface area contributed by atoms with E-state index in [2.05, 4.69) is 10.3 Å². The van der Waals surface area contributed by atoms with Crippen molar-refractivity contribution >= 4 is 11.6 Å². The maximum atomic E-state index is 11.8. The van der Waals surface area contributed by atoms with Gasteiger partial charge in [-0.05, 0) is 37.9 Å². The average molecular weight is 288 g/mol. The van der Waals surface area contributed by atoms with E-state index in [1.54, 1.807) is 0 Å². The Morgan fingerprint density at radius 3 is 2.90 bits per heavy atom. The largest absolute Gasteiger partial charge is 0.350 e. The van der Waals surface area contributed by atoms with Gasteiger partial charge in [0.2, 0.25) is 5.91 Å². The highest BCUT2D eigenvalue weighted by atomic mass is 16.1. The van der Waals surface area contributed by atoms with Gasteiger partial charge in [-0.1, -0.05) is 18.9 Å². The van der Waals surface area contributed by atoms with Crippen LogP contribution in [0.2, 0.25) is 0 Å². The lowest BCUT2D eigenvalue weighted by Gasteiger charge is -2.03. The van der Waals surface area contributed by atoms with E-state index >= 15 is 0 Å². The van der Waals surface area contributed by atoms with Crippen LogP contribution >= 0.6 is 0 Å². The number of aryl methyl sites for hydroxylation is 1. The smallest absolute Gasteiger partial charge is 0.220 e. The van der Waals surface area contributed by atoms with Crippen LogP contribution in [0.1, 0.15) is 43.4 Å². The molecule has 0 spiro atoms. The molecule has 2 heterocycles. The van der Waals surface area contributed by atoms with Crippen LogP contribution in [0.25, 0.3) is 5.65 Å². The lowest BCUT2D eigenvalue weighted by Crippen LogP contribution is -2.22. The minimum Gasteiger partial charge on any atom is -0.350 e. The number of imidazole rings is 1. The summed E-state index contributed by atoms with van der Waals surface area (Å²) >= 11 is 0. The van der Waals surface area contributed by atoms with Crippen molar-refractivity contribution in [2.45, 2.75) is 45.6 Å². The molecule has 3 N–H and O–H groups in total. The zero-order valence-electron chi connectivity index (χ0n) is 12.6. The zero-order valence-corrected chi connectivity index (χ0v) is 12.6. The topological polar surface area (TPSA) is 72.4 Å². The maximum absolute atomic E-state index is 11.8. The van der Waals surface area contributed by atoms with E-state index < -0.39 is 0 Å². The van der Waals surface area contributed by atoms with Crippen molar-refractivity contribution in [3.05, 3.63) is 35.8 Å². The van der Waals surface area contributed by atoms with Gasteiger partial charge >= 0.3 is 0 Å². The first-order chi connectivity index (χ1) is 10.2. The molecule has 2 aromatic rings. The molecule has 0 unspecified atom stereocenters. The molecule has 114 valence electrons. The first-order valence-electron chi connectivity index (χ1n) is 7.60. The summed E-state index contributed by atoms with van der Waals surface area (Å²) in [5, 5.41) is 2.93. The highest BCUT2D eigenvalue weighted by Crippen LogP contribution is 2.10. The van der Waals surface area contributed by atoms with E-state index in [0.29, 0.717) is 13.0 Å². The van der Waals surface area contributed by atoms with E-state index in [1.165, 1.54) is 0 Å². The van der Waals surface area contributed by atoms with Crippen molar-refractivity contribution in [3.63, 3.8) is 0 Å². The molecule has 0 aliphatic heterocycles. The minimum absolute atomic E-state index is 0.0940. The summed E-state index contributed by atoms with van der Waals surface area (Å²) in [4.78, 5) is 16.3. The fraction of sp³-hybridized carbons (Fsp3) is 0.500. The molecule has 0 radical (unpaired) electrons. The molecule has 5 nitrogen and oxygen atoms in total. The molecule has 0 aliphatic carbocycles. The van der Waals surface area contributed by atoms with Crippen molar-refractivity contribution in [1.29, 1.82) is 0 Å². The number of nitrogens with two attached hydrogens (primary N) is 1. The summed E-state index contributed by atoms with van der Waals surface area (Å²) in [5.41, 5.74) is 8.41. The molecule has 1 amide bonds. The first-order valence-corrected chi connectivity index (χ1v) is 7.60. The second-order valence-electron chi connectivity index (χ2n) is 5.38. The lowest BCUT2D eigenvalue weighted by atomic mass is 10.1. The number of pyridine rings is 1. The van der Waals surface area contributed by atoms with Gasteiger partial charge in [0, 0.05) is 18.8 Å². The molecule has 21 heavy (non-hydrogen) atoms. The van der Waals surface area contributed by atoms with Gasteiger partial charge in [-0.25, -0.2) is 4.98 Å². The van der Waals surface area contributed by atoms with Crippen molar-refractivity contribution in [2.75, 3.05) is 6.54 Å². The fourth-order valence-electron chi connectivity index (χ4n) is 2.35. The predicted molar refractivity (Wildman–Crippen MR) is 83.9 cm³/mol. The molecule has 0 fully saturated rings. The molecule has 2 aromatic heterocycles. The van der Waals surface area contributed by atoms with Crippen LogP contribution in [0.3, 0.4) is 0 Å². The molecule has 0 saturated carbocycles. The van der Waals surface area contributed by atoms with Crippen LogP contribution in [0.5, 0.6) is 0 Å². The molecule has 2 rings (SSSR count). The van der Waals surface area contributed by atoms with Gasteiger partial charge in [0.1, 0.15) is 5.65 Å². The second kappa shape index (κ2) is 7.78. The Hall–Kier alpha value is -1.88. The number of carbonyl (C=O) groups is 1. The first kappa shape index (κ1) is 15.5. The monoisotopic (exact) mass is 288 g/mol. The number of rotatable bonds is 8. The van der Waals surface area contributed by atoms with Crippen LogP contribution in [-0.4, -0.2) is 21.8 Å². The minimum atomic E-state index is 0.0940. The number of aromatic nitrogens is 2. The maximum Gasteiger partial charge on any atom is 0.220 e. The second-order valence-corrected chi connectivity index (χ2v) is 5.38. The molecular weight excluding hydrogens is 264 g/mol. The molecule has 0 saturated heterocycles. The Morgan fingerprint density at radius 1 is 1.33 bits per heavy atom. The third-order valence-corrected chi connectivity index (χ3v) is 3.55. The Morgan fingerprint density at radius 2 is 2.14 bits per heavy atom.